The fourth-order valence-corrected chi connectivity index (χ4v) is 2.66. The lowest BCUT2D eigenvalue weighted by atomic mass is 9.95. The molecule has 2 amide bonds. The third kappa shape index (κ3) is 5.31. The molecular weight excluding hydrogens is 436 g/mol. The number of halogens is 5. The van der Waals surface area contributed by atoms with E-state index < -0.39 is 23.4 Å². The van der Waals surface area contributed by atoms with Gasteiger partial charge in [0.25, 0.3) is 0 Å². The molecule has 0 bridgehead atoms. The van der Waals surface area contributed by atoms with Crippen molar-refractivity contribution in [3.63, 3.8) is 0 Å². The zero-order chi connectivity index (χ0) is 22.2. The summed E-state index contributed by atoms with van der Waals surface area (Å²) in [6.07, 6.45) is -4.94. The summed E-state index contributed by atoms with van der Waals surface area (Å²) in [5, 5.41) is 17.8. The van der Waals surface area contributed by atoms with Gasteiger partial charge in [-0.25, -0.2) is 4.79 Å². The van der Waals surface area contributed by atoms with Crippen LogP contribution in [-0.4, -0.2) is 27.5 Å². The predicted molar refractivity (Wildman–Crippen MR) is 101 cm³/mol. The summed E-state index contributed by atoms with van der Waals surface area (Å²) in [7, 11) is 0. The minimum absolute atomic E-state index is 0.0922. The van der Waals surface area contributed by atoms with E-state index in [-0.39, 0.29) is 33.6 Å². The van der Waals surface area contributed by atoms with Crippen LogP contribution in [0.1, 0.15) is 45.0 Å². The third-order valence-electron chi connectivity index (χ3n) is 3.93. The summed E-state index contributed by atoms with van der Waals surface area (Å²) in [6.45, 7) is 6.17. The summed E-state index contributed by atoms with van der Waals surface area (Å²) >= 11 is 11.9. The molecule has 160 valence electrons. The van der Waals surface area contributed by atoms with Gasteiger partial charge in [-0.3, -0.25) is 0 Å². The molecule has 3 N–H and O–H groups in total. The Hall–Kier alpha value is -2.04. The average Bonchev–Trinajstić information content (AvgIpc) is 3.04. The molecule has 1 heterocycles. The molecule has 7 nitrogen and oxygen atoms in total. The molecule has 0 radical (unpaired) electrons. The first-order valence-electron chi connectivity index (χ1n) is 8.29. The maximum atomic E-state index is 13.0. The van der Waals surface area contributed by atoms with E-state index in [1.54, 1.807) is 0 Å². The van der Waals surface area contributed by atoms with Crippen LogP contribution < -0.4 is 10.6 Å². The molecule has 1 atom stereocenters. The molecule has 0 aliphatic heterocycles. The van der Waals surface area contributed by atoms with Crippen molar-refractivity contribution >= 4 is 34.9 Å². The largest absolute Gasteiger partial charge is 0.421 e. The average molecular weight is 455 g/mol. The Bertz CT molecular complexity index is 885. The summed E-state index contributed by atoms with van der Waals surface area (Å²) in [6, 6.07) is 1.01. The van der Waals surface area contributed by atoms with Crippen LogP contribution in [0.2, 0.25) is 10.0 Å². The number of carbonyl (C=O) groups excluding carboxylic acids is 1. The van der Waals surface area contributed by atoms with Crippen LogP contribution in [0.4, 0.5) is 23.7 Å². The second kappa shape index (κ2) is 8.00. The number of anilines is 1. The molecule has 1 aromatic heterocycles. The van der Waals surface area contributed by atoms with E-state index in [1.165, 1.54) is 0 Å². The molecule has 0 saturated heterocycles. The van der Waals surface area contributed by atoms with Crippen molar-refractivity contribution in [1.82, 2.24) is 15.5 Å². The van der Waals surface area contributed by atoms with Gasteiger partial charge in [-0.1, -0.05) is 49.1 Å². The Morgan fingerprint density at radius 3 is 2.17 bits per heavy atom. The van der Waals surface area contributed by atoms with Gasteiger partial charge in [0.2, 0.25) is 5.89 Å². The maximum absolute atomic E-state index is 13.0. The number of amides is 2. The highest BCUT2D eigenvalue weighted by molar-refractivity contribution is 6.39. The molecule has 1 unspecified atom stereocenters. The SMILES string of the molecule is CC(C)(C)c1noc(CNC(=O)Nc2c(Cl)cc(C(C)(O)C(F)(F)F)cc2Cl)n1. The Kier molecular flexibility index (Phi) is 6.41. The molecule has 2 aromatic rings. The molecule has 0 spiro atoms. The predicted octanol–water partition coefficient (Wildman–Crippen LogP) is 4.77. The van der Waals surface area contributed by atoms with E-state index in [1.807, 2.05) is 20.8 Å². The van der Waals surface area contributed by atoms with E-state index in [0.717, 1.165) is 12.1 Å². The van der Waals surface area contributed by atoms with E-state index in [4.69, 9.17) is 27.7 Å². The molecule has 0 aliphatic rings. The van der Waals surface area contributed by atoms with Crippen molar-refractivity contribution in [3.05, 3.63) is 39.5 Å². The van der Waals surface area contributed by atoms with Crippen LogP contribution in [-0.2, 0) is 17.6 Å². The van der Waals surface area contributed by atoms with Gasteiger partial charge < -0.3 is 20.3 Å². The Morgan fingerprint density at radius 1 is 1.17 bits per heavy atom. The number of aliphatic hydroxyl groups is 1. The molecule has 0 aliphatic carbocycles. The molecule has 0 saturated carbocycles. The van der Waals surface area contributed by atoms with E-state index in [2.05, 4.69) is 20.8 Å². The van der Waals surface area contributed by atoms with Crippen LogP contribution in [0, 0.1) is 0 Å². The van der Waals surface area contributed by atoms with E-state index >= 15 is 0 Å². The fraction of sp³-hybridized carbons (Fsp3) is 0.471. The molecule has 12 heteroatoms. The standard InChI is InChI=1S/C17H19Cl2F3N4O3/c1-15(2,3)13-24-11(29-26-13)7-23-14(27)25-12-9(18)5-8(6-10(12)19)16(4,28)17(20,21)22/h5-6,28H,7H2,1-4H3,(H2,23,25,27). The van der Waals surface area contributed by atoms with Gasteiger partial charge in [0.05, 0.1) is 22.3 Å². The van der Waals surface area contributed by atoms with Gasteiger partial charge in [0, 0.05) is 5.41 Å². The van der Waals surface area contributed by atoms with Crippen LogP contribution in [0.25, 0.3) is 0 Å². The number of aromatic nitrogens is 2. The van der Waals surface area contributed by atoms with Crippen LogP contribution >= 0.6 is 23.2 Å². The zero-order valence-corrected chi connectivity index (χ0v) is 17.4. The maximum Gasteiger partial charge on any atom is 0.421 e. The monoisotopic (exact) mass is 454 g/mol. The zero-order valence-electron chi connectivity index (χ0n) is 15.9. The number of hydrogen-bond acceptors (Lipinski definition) is 5. The smallest absolute Gasteiger partial charge is 0.376 e. The number of carbonyl (C=O) groups is 1. The van der Waals surface area contributed by atoms with Gasteiger partial charge in [-0.05, 0) is 24.6 Å². The van der Waals surface area contributed by atoms with Crippen molar-refractivity contribution in [1.29, 1.82) is 0 Å². The van der Waals surface area contributed by atoms with Crippen LogP contribution in [0.3, 0.4) is 0 Å². The Balaban J connectivity index is 2.10. The molecule has 0 fully saturated rings. The molecular formula is C17H19Cl2F3N4O3. The van der Waals surface area contributed by atoms with E-state index in [9.17, 15) is 23.1 Å². The molecule has 1 aromatic carbocycles. The minimum Gasteiger partial charge on any atom is -0.376 e. The van der Waals surface area contributed by atoms with Gasteiger partial charge >= 0.3 is 12.2 Å². The summed E-state index contributed by atoms with van der Waals surface area (Å²) in [5.74, 6) is 0.631. The number of nitrogens with zero attached hydrogens (tertiary/aromatic N) is 2. The number of rotatable bonds is 4. The highest BCUT2D eigenvalue weighted by Crippen LogP contribution is 2.42. The first-order chi connectivity index (χ1) is 13.1. The minimum atomic E-state index is -4.94. The first kappa shape index (κ1) is 23.2. The second-order valence-electron chi connectivity index (χ2n) is 7.45. The van der Waals surface area contributed by atoms with Crippen LogP contribution in [0.15, 0.2) is 16.7 Å². The van der Waals surface area contributed by atoms with Gasteiger partial charge in [-0.15, -0.1) is 0 Å². The van der Waals surface area contributed by atoms with Crippen molar-refractivity contribution in [3.8, 4) is 0 Å². The lowest BCUT2D eigenvalue weighted by Gasteiger charge is -2.27. The quantitative estimate of drug-likeness (QED) is 0.617. The Labute approximate surface area is 174 Å². The number of hydrogen-bond donors (Lipinski definition) is 3. The highest BCUT2D eigenvalue weighted by atomic mass is 35.5. The van der Waals surface area contributed by atoms with Crippen molar-refractivity contribution in [2.75, 3.05) is 5.32 Å². The summed E-state index contributed by atoms with van der Waals surface area (Å²) in [4.78, 5) is 16.2. The third-order valence-corrected chi connectivity index (χ3v) is 4.53. The molecule has 29 heavy (non-hydrogen) atoms. The lowest BCUT2D eigenvalue weighted by Crippen LogP contribution is -2.39. The van der Waals surface area contributed by atoms with Crippen LogP contribution in [0.5, 0.6) is 0 Å². The van der Waals surface area contributed by atoms with E-state index in [0.29, 0.717) is 12.7 Å². The van der Waals surface area contributed by atoms with Crippen molar-refractivity contribution < 1.29 is 27.6 Å². The topological polar surface area (TPSA) is 100 Å². The lowest BCUT2D eigenvalue weighted by molar-refractivity contribution is -0.258. The first-order valence-corrected chi connectivity index (χ1v) is 9.05. The second-order valence-corrected chi connectivity index (χ2v) is 8.27. The normalized spacial score (nSPS) is 14.4. The highest BCUT2D eigenvalue weighted by Gasteiger charge is 2.51. The Morgan fingerprint density at radius 2 is 1.72 bits per heavy atom. The van der Waals surface area contributed by atoms with Gasteiger partial charge in [0.15, 0.2) is 11.4 Å². The fourth-order valence-electron chi connectivity index (χ4n) is 2.08. The molecule has 2 rings (SSSR count). The number of nitrogens with one attached hydrogen (secondary N) is 2. The number of benzene rings is 1. The summed E-state index contributed by atoms with van der Waals surface area (Å²) in [5.41, 5.74) is -4.17. The number of alkyl halides is 3. The van der Waals surface area contributed by atoms with Crippen molar-refractivity contribution in [2.45, 2.75) is 51.4 Å². The van der Waals surface area contributed by atoms with Gasteiger partial charge in [0.1, 0.15) is 0 Å². The van der Waals surface area contributed by atoms with Crippen molar-refractivity contribution in [2.24, 2.45) is 0 Å². The summed E-state index contributed by atoms with van der Waals surface area (Å²) < 4.78 is 44.0. The van der Waals surface area contributed by atoms with Gasteiger partial charge in [-0.2, -0.15) is 18.2 Å². The number of urea groups is 1.